The van der Waals surface area contributed by atoms with E-state index < -0.39 is 54.1 Å². The predicted molar refractivity (Wildman–Crippen MR) is 250 cm³/mol. The van der Waals surface area contributed by atoms with Gasteiger partial charge in [0.1, 0.15) is 6.61 Å². The Balaban J connectivity index is 1.32. The summed E-state index contributed by atoms with van der Waals surface area (Å²) in [5, 5.41) is 18.2. The Morgan fingerprint density at radius 2 is 0.924 bits per heavy atom. The number of rotatable bonds is 26. The molecule has 0 saturated heterocycles. The molecule has 4 rings (SSSR count). The molecule has 0 aliphatic heterocycles. The molecule has 0 radical (unpaired) electrons. The molecule has 370 valence electrons. The Morgan fingerprint density at radius 1 is 0.545 bits per heavy atom. The van der Waals surface area contributed by atoms with Crippen LogP contribution < -0.4 is 49.1 Å². The second-order valence-electron chi connectivity index (χ2n) is 18.4. The molecule has 6 unspecified atom stereocenters. The number of amides is 6. The van der Waals surface area contributed by atoms with E-state index in [1.54, 1.807) is 0 Å². The molecule has 3 aliphatic carbocycles. The SMILES string of the molecule is COC(=O)C1CCCCC1NC(=O)C[C@@H](CCCN)NC(=O)C1CCCCC1NC(=O)C[C@@H](CCCN)NC(=O)C1CCCCC1NC(=O)C[C@@H](CCCN)NC(=O)OCc1ccccc1. The van der Waals surface area contributed by atoms with Gasteiger partial charge in [-0.1, -0.05) is 68.9 Å². The van der Waals surface area contributed by atoms with Gasteiger partial charge >= 0.3 is 12.1 Å². The number of carbonyl (C=O) groups excluding carboxylic acids is 7. The zero-order valence-electron chi connectivity index (χ0n) is 39.2. The minimum atomic E-state index is -0.630. The molecule has 12 N–H and O–H groups in total. The van der Waals surface area contributed by atoms with Gasteiger partial charge in [0.05, 0.1) is 24.9 Å². The van der Waals surface area contributed by atoms with E-state index in [2.05, 4.69) is 31.9 Å². The van der Waals surface area contributed by atoms with Crippen LogP contribution in [0.1, 0.15) is 140 Å². The Kier molecular flexibility index (Phi) is 24.3. The third-order valence-corrected chi connectivity index (χ3v) is 13.3. The van der Waals surface area contributed by atoms with Crippen molar-refractivity contribution in [3.63, 3.8) is 0 Å². The number of nitrogens with one attached hydrogen (secondary N) is 6. The van der Waals surface area contributed by atoms with Gasteiger partial charge in [-0.3, -0.25) is 28.8 Å². The van der Waals surface area contributed by atoms with E-state index in [1.807, 2.05) is 30.3 Å². The van der Waals surface area contributed by atoms with E-state index in [0.717, 1.165) is 44.1 Å². The summed E-state index contributed by atoms with van der Waals surface area (Å²) in [7, 11) is 1.35. The Hall–Kier alpha value is -4.81. The normalized spacial score (nSPS) is 23.2. The molecule has 0 bridgehead atoms. The van der Waals surface area contributed by atoms with Crippen molar-refractivity contribution in [2.75, 3.05) is 26.7 Å². The summed E-state index contributed by atoms with van der Waals surface area (Å²) >= 11 is 0. The number of esters is 1. The number of benzene rings is 1. The van der Waals surface area contributed by atoms with Crippen LogP contribution in [-0.2, 0) is 44.8 Å². The van der Waals surface area contributed by atoms with Crippen molar-refractivity contribution in [1.82, 2.24) is 31.9 Å². The zero-order chi connectivity index (χ0) is 47.7. The van der Waals surface area contributed by atoms with Gasteiger partial charge in [0.15, 0.2) is 0 Å². The summed E-state index contributed by atoms with van der Waals surface area (Å²) in [6.45, 7) is 1.25. The summed E-state index contributed by atoms with van der Waals surface area (Å²) in [5.74, 6) is -3.08. The molecule has 0 aromatic heterocycles. The third kappa shape index (κ3) is 18.8. The Morgan fingerprint density at radius 3 is 1.33 bits per heavy atom. The van der Waals surface area contributed by atoms with E-state index in [4.69, 9.17) is 26.7 Å². The molecule has 18 heteroatoms. The maximum Gasteiger partial charge on any atom is 0.407 e. The number of ether oxygens (including phenoxy) is 2. The van der Waals surface area contributed by atoms with Gasteiger partial charge in [0.2, 0.25) is 29.5 Å². The number of carbonyl (C=O) groups is 7. The van der Waals surface area contributed by atoms with Crippen molar-refractivity contribution in [2.24, 2.45) is 35.0 Å². The lowest BCUT2D eigenvalue weighted by atomic mass is 9.83. The standard InChI is InChI=1S/C48H79N9O9/c1-65-47(63)38-21-7-10-24-41(38)57-43(59)29-34(17-12-26-50)53-45(61)36-19-5-8-22-39(36)55-42(58)28-33(16-11-25-49)52-46(62)37-20-6-9-23-40(37)56-44(60)30-35(18-13-27-51)54-48(64)66-31-32-14-3-2-4-15-32/h2-4,14-15,33-41H,5-13,16-31,49-51H2,1H3,(H,52,62)(H,53,61)(H,54,64)(H,55,58)(H,56,60)(H,57,59)/t33-,34-,35-,36?,37?,38?,39?,40?,41?/m1/s1. The molecule has 3 aliphatic rings. The van der Waals surface area contributed by atoms with Crippen LogP contribution in [-0.4, -0.2) is 105 Å². The van der Waals surface area contributed by atoms with Gasteiger partial charge in [-0.05, 0) is 102 Å². The monoisotopic (exact) mass is 926 g/mol. The first-order valence-corrected chi connectivity index (χ1v) is 24.6. The number of methoxy groups -OCH3 is 1. The Labute approximate surface area is 390 Å². The van der Waals surface area contributed by atoms with E-state index >= 15 is 0 Å². The minimum Gasteiger partial charge on any atom is -0.469 e. The summed E-state index contributed by atoms with van der Waals surface area (Å²) in [6.07, 6.45) is 11.4. The fraction of sp³-hybridized carbons (Fsp3) is 0.729. The van der Waals surface area contributed by atoms with E-state index in [1.165, 1.54) is 7.11 Å². The molecule has 6 amide bonds. The molecule has 18 nitrogen and oxygen atoms in total. The molecule has 3 fully saturated rings. The van der Waals surface area contributed by atoms with Gasteiger partial charge in [0.25, 0.3) is 0 Å². The van der Waals surface area contributed by atoms with Crippen LogP contribution in [0.4, 0.5) is 4.79 Å². The highest BCUT2D eigenvalue weighted by molar-refractivity contribution is 5.85. The van der Waals surface area contributed by atoms with Crippen LogP contribution in [0, 0.1) is 17.8 Å². The van der Waals surface area contributed by atoms with Crippen molar-refractivity contribution in [1.29, 1.82) is 0 Å². The van der Waals surface area contributed by atoms with Crippen LogP contribution in [0.5, 0.6) is 0 Å². The van der Waals surface area contributed by atoms with E-state index in [-0.39, 0.29) is 67.4 Å². The maximum absolute atomic E-state index is 14.0. The first kappa shape index (κ1) is 53.8. The number of nitrogens with two attached hydrogens (primary N) is 3. The predicted octanol–water partition coefficient (Wildman–Crippen LogP) is 2.84. The van der Waals surface area contributed by atoms with Crippen LogP contribution in [0.3, 0.4) is 0 Å². The lowest BCUT2D eigenvalue weighted by molar-refractivity contribution is -0.148. The fourth-order valence-electron chi connectivity index (χ4n) is 9.76. The summed E-state index contributed by atoms with van der Waals surface area (Å²) in [4.78, 5) is 93.5. The van der Waals surface area contributed by atoms with Gasteiger partial charge in [-0.15, -0.1) is 0 Å². The van der Waals surface area contributed by atoms with Crippen LogP contribution in [0.15, 0.2) is 30.3 Å². The first-order chi connectivity index (χ1) is 31.9. The highest BCUT2D eigenvalue weighted by Gasteiger charge is 2.37. The average Bonchev–Trinajstić information content (AvgIpc) is 3.31. The van der Waals surface area contributed by atoms with Gasteiger partial charge in [-0.2, -0.15) is 0 Å². The van der Waals surface area contributed by atoms with Crippen LogP contribution in [0.2, 0.25) is 0 Å². The molecule has 1 aromatic carbocycles. The third-order valence-electron chi connectivity index (χ3n) is 13.3. The van der Waals surface area contributed by atoms with Crippen molar-refractivity contribution in [2.45, 2.75) is 178 Å². The molecular formula is C48H79N9O9. The molecular weight excluding hydrogens is 847 g/mol. The Bertz CT molecular complexity index is 1690. The molecule has 0 heterocycles. The molecule has 66 heavy (non-hydrogen) atoms. The second kappa shape index (κ2) is 29.8. The highest BCUT2D eigenvalue weighted by Crippen LogP contribution is 2.28. The lowest BCUT2D eigenvalue weighted by Crippen LogP contribution is -2.53. The number of hydrogen-bond acceptors (Lipinski definition) is 12. The molecule has 3 saturated carbocycles. The topological polar surface area (TPSA) is 288 Å². The summed E-state index contributed by atoms with van der Waals surface area (Å²) in [5.41, 5.74) is 18.3. The van der Waals surface area contributed by atoms with Crippen LogP contribution >= 0.6 is 0 Å². The number of alkyl carbamates (subject to hydrolysis) is 1. The fourth-order valence-corrected chi connectivity index (χ4v) is 9.76. The smallest absolute Gasteiger partial charge is 0.407 e. The second-order valence-corrected chi connectivity index (χ2v) is 18.4. The lowest BCUT2D eigenvalue weighted by Gasteiger charge is -2.34. The highest BCUT2D eigenvalue weighted by atomic mass is 16.5. The van der Waals surface area contributed by atoms with Crippen molar-refractivity contribution in [3.05, 3.63) is 35.9 Å². The molecule has 9 atom stereocenters. The number of hydrogen-bond donors (Lipinski definition) is 9. The van der Waals surface area contributed by atoms with E-state index in [9.17, 15) is 33.6 Å². The van der Waals surface area contributed by atoms with Crippen molar-refractivity contribution in [3.8, 4) is 0 Å². The van der Waals surface area contributed by atoms with Gasteiger partial charge in [0, 0.05) is 55.5 Å². The quantitative estimate of drug-likeness (QED) is 0.0607. The summed E-state index contributed by atoms with van der Waals surface area (Å²) < 4.78 is 10.4. The maximum atomic E-state index is 14.0. The van der Waals surface area contributed by atoms with Crippen molar-refractivity contribution >= 4 is 41.6 Å². The molecule has 0 spiro atoms. The average molecular weight is 926 g/mol. The largest absolute Gasteiger partial charge is 0.469 e. The van der Waals surface area contributed by atoms with E-state index in [0.29, 0.717) is 96.7 Å². The van der Waals surface area contributed by atoms with Crippen LogP contribution in [0.25, 0.3) is 0 Å². The first-order valence-electron chi connectivity index (χ1n) is 24.6. The van der Waals surface area contributed by atoms with Gasteiger partial charge < -0.3 is 58.6 Å². The zero-order valence-corrected chi connectivity index (χ0v) is 39.2. The van der Waals surface area contributed by atoms with Gasteiger partial charge in [-0.25, -0.2) is 4.79 Å². The minimum absolute atomic E-state index is 0.00622. The molecule has 1 aromatic rings. The van der Waals surface area contributed by atoms with Crippen molar-refractivity contribution < 1.29 is 43.0 Å². The summed E-state index contributed by atoms with van der Waals surface area (Å²) in [6, 6.07) is 6.59.